The highest BCUT2D eigenvalue weighted by Gasteiger charge is 2.35. The normalized spacial score (nSPS) is 23.4. The number of ether oxygens (including phenoxy) is 2. The Hall–Kier alpha value is -2.01. The Balaban J connectivity index is 2.40. The van der Waals surface area contributed by atoms with Gasteiger partial charge in [-0.05, 0) is 18.9 Å². The molecule has 0 bridgehead atoms. The first-order valence-electron chi connectivity index (χ1n) is 8.00. The molecule has 0 fully saturated rings. The molecule has 2 heterocycles. The Bertz CT molecular complexity index is 792. The second kappa shape index (κ2) is 5.89. The van der Waals surface area contributed by atoms with Crippen molar-refractivity contribution in [1.82, 2.24) is 0 Å². The summed E-state index contributed by atoms with van der Waals surface area (Å²) in [6, 6.07) is 3.28. The highest BCUT2D eigenvalue weighted by molar-refractivity contribution is 5.91. The van der Waals surface area contributed by atoms with Crippen LogP contribution in [0.5, 0.6) is 11.5 Å². The smallest absolute Gasteiger partial charge is 0.336 e. The molecule has 0 saturated heterocycles. The maximum atomic E-state index is 12.0. The van der Waals surface area contributed by atoms with Crippen molar-refractivity contribution in [3.05, 3.63) is 33.7 Å². The highest BCUT2D eigenvalue weighted by atomic mass is 16.5. The zero-order valence-corrected chi connectivity index (χ0v) is 13.9. The van der Waals surface area contributed by atoms with E-state index >= 15 is 0 Å². The second-order valence-corrected chi connectivity index (χ2v) is 6.16. The standard InChI is InChI=1S/C18H22O5/c1-5-6-11-7-14(19)23-18-15(11)12(21-4)8-13-16(18)17(20)9(2)10(3)22-13/h7-10,17,20H,5-6H2,1-4H3/t9-,10-,17?/m1/s1. The van der Waals surface area contributed by atoms with Crippen molar-refractivity contribution in [1.29, 1.82) is 0 Å². The van der Waals surface area contributed by atoms with Gasteiger partial charge in [-0.3, -0.25) is 0 Å². The zero-order chi connectivity index (χ0) is 16.7. The van der Waals surface area contributed by atoms with Crippen LogP contribution in [0.25, 0.3) is 11.0 Å². The van der Waals surface area contributed by atoms with Crippen molar-refractivity contribution in [3.63, 3.8) is 0 Å². The van der Waals surface area contributed by atoms with E-state index in [1.807, 2.05) is 20.8 Å². The third kappa shape index (κ3) is 2.49. The molecular weight excluding hydrogens is 296 g/mol. The average molecular weight is 318 g/mol. The van der Waals surface area contributed by atoms with Gasteiger partial charge < -0.3 is 19.0 Å². The second-order valence-electron chi connectivity index (χ2n) is 6.16. The van der Waals surface area contributed by atoms with Crippen LogP contribution in [-0.4, -0.2) is 18.3 Å². The van der Waals surface area contributed by atoms with E-state index in [4.69, 9.17) is 13.9 Å². The van der Waals surface area contributed by atoms with Crippen molar-refractivity contribution in [2.24, 2.45) is 5.92 Å². The predicted octanol–water partition coefficient (Wildman–Crippen LogP) is 3.20. The molecule has 0 saturated carbocycles. The molecule has 0 radical (unpaired) electrons. The average Bonchev–Trinajstić information content (AvgIpc) is 2.51. The van der Waals surface area contributed by atoms with Gasteiger partial charge in [0.2, 0.25) is 0 Å². The van der Waals surface area contributed by atoms with E-state index in [9.17, 15) is 9.90 Å². The van der Waals surface area contributed by atoms with Gasteiger partial charge in [0.25, 0.3) is 0 Å². The van der Waals surface area contributed by atoms with Gasteiger partial charge in [-0.1, -0.05) is 20.3 Å². The van der Waals surface area contributed by atoms with Gasteiger partial charge in [0, 0.05) is 18.1 Å². The van der Waals surface area contributed by atoms with Crippen LogP contribution in [0.2, 0.25) is 0 Å². The van der Waals surface area contributed by atoms with E-state index in [2.05, 4.69) is 0 Å². The zero-order valence-electron chi connectivity index (χ0n) is 13.9. The minimum absolute atomic E-state index is 0.0979. The summed E-state index contributed by atoms with van der Waals surface area (Å²) < 4.78 is 16.9. The predicted molar refractivity (Wildman–Crippen MR) is 87.2 cm³/mol. The summed E-state index contributed by atoms with van der Waals surface area (Å²) >= 11 is 0. The van der Waals surface area contributed by atoms with Crippen molar-refractivity contribution >= 4 is 11.0 Å². The third-order valence-corrected chi connectivity index (χ3v) is 4.65. The molecule has 0 spiro atoms. The van der Waals surface area contributed by atoms with E-state index < -0.39 is 11.7 Å². The summed E-state index contributed by atoms with van der Waals surface area (Å²) in [5.41, 5.74) is 1.37. The van der Waals surface area contributed by atoms with E-state index in [0.29, 0.717) is 22.6 Å². The van der Waals surface area contributed by atoms with E-state index in [0.717, 1.165) is 23.8 Å². The van der Waals surface area contributed by atoms with Gasteiger partial charge >= 0.3 is 5.63 Å². The van der Waals surface area contributed by atoms with E-state index in [1.54, 1.807) is 13.2 Å². The van der Waals surface area contributed by atoms with Gasteiger partial charge in [-0.25, -0.2) is 4.79 Å². The van der Waals surface area contributed by atoms with Crippen molar-refractivity contribution in [2.45, 2.75) is 45.8 Å². The van der Waals surface area contributed by atoms with Crippen LogP contribution in [0.15, 0.2) is 21.3 Å². The lowest BCUT2D eigenvalue weighted by Crippen LogP contribution is -2.32. The maximum absolute atomic E-state index is 12.0. The molecule has 2 aromatic rings. The van der Waals surface area contributed by atoms with Crippen LogP contribution in [0.1, 0.15) is 44.4 Å². The summed E-state index contributed by atoms with van der Waals surface area (Å²) in [4.78, 5) is 12.0. The number of rotatable bonds is 3. The number of methoxy groups -OCH3 is 1. The highest BCUT2D eigenvalue weighted by Crippen LogP contribution is 2.46. The molecule has 1 aliphatic heterocycles. The van der Waals surface area contributed by atoms with Crippen LogP contribution < -0.4 is 15.1 Å². The molecule has 1 N–H and O–H groups in total. The molecule has 0 aliphatic carbocycles. The number of benzene rings is 1. The van der Waals surface area contributed by atoms with Crippen molar-refractivity contribution in [2.75, 3.05) is 7.11 Å². The third-order valence-electron chi connectivity index (χ3n) is 4.65. The van der Waals surface area contributed by atoms with Gasteiger partial charge in [0.15, 0.2) is 5.58 Å². The minimum Gasteiger partial charge on any atom is -0.496 e. The Morgan fingerprint density at radius 2 is 2.04 bits per heavy atom. The molecule has 5 nitrogen and oxygen atoms in total. The monoisotopic (exact) mass is 318 g/mol. The maximum Gasteiger partial charge on any atom is 0.336 e. The summed E-state index contributed by atoms with van der Waals surface area (Å²) in [7, 11) is 1.58. The molecule has 1 aromatic carbocycles. The fraction of sp³-hybridized carbons (Fsp3) is 0.500. The molecular formula is C18H22O5. The van der Waals surface area contributed by atoms with Gasteiger partial charge in [0.05, 0.1) is 24.2 Å². The molecule has 23 heavy (non-hydrogen) atoms. The minimum atomic E-state index is -0.748. The molecule has 1 aliphatic rings. The van der Waals surface area contributed by atoms with Crippen molar-refractivity contribution in [3.8, 4) is 11.5 Å². The molecule has 1 aromatic heterocycles. The topological polar surface area (TPSA) is 68.9 Å². The quantitative estimate of drug-likeness (QED) is 0.880. The van der Waals surface area contributed by atoms with Crippen molar-refractivity contribution < 1.29 is 19.0 Å². The lowest BCUT2D eigenvalue weighted by Gasteiger charge is -2.34. The summed E-state index contributed by atoms with van der Waals surface area (Å²) in [5.74, 6) is 1.02. The number of hydrogen-bond donors (Lipinski definition) is 1. The number of hydrogen-bond acceptors (Lipinski definition) is 5. The fourth-order valence-corrected chi connectivity index (χ4v) is 3.21. The molecule has 5 heteroatoms. The fourth-order valence-electron chi connectivity index (χ4n) is 3.21. The van der Waals surface area contributed by atoms with Gasteiger partial charge in [0.1, 0.15) is 17.6 Å². The van der Waals surface area contributed by atoms with Crippen LogP contribution in [0.4, 0.5) is 0 Å². The van der Waals surface area contributed by atoms with Gasteiger partial charge in [-0.15, -0.1) is 0 Å². The lowest BCUT2D eigenvalue weighted by atomic mass is 9.88. The van der Waals surface area contributed by atoms with Gasteiger partial charge in [-0.2, -0.15) is 0 Å². The van der Waals surface area contributed by atoms with Crippen LogP contribution in [0, 0.1) is 5.92 Å². The summed E-state index contributed by atoms with van der Waals surface area (Å²) in [6.45, 7) is 5.88. The first-order chi connectivity index (χ1) is 11.0. The van der Waals surface area contributed by atoms with E-state index in [1.165, 1.54) is 6.07 Å². The Kier molecular flexibility index (Phi) is 4.06. The largest absolute Gasteiger partial charge is 0.496 e. The number of aliphatic hydroxyl groups is 1. The number of aliphatic hydroxyl groups excluding tert-OH is 1. The Morgan fingerprint density at radius 1 is 1.30 bits per heavy atom. The molecule has 3 atom stereocenters. The number of fused-ring (bicyclic) bond motifs is 3. The van der Waals surface area contributed by atoms with E-state index in [-0.39, 0.29) is 12.0 Å². The molecule has 1 unspecified atom stereocenters. The Labute approximate surface area is 134 Å². The Morgan fingerprint density at radius 3 is 2.70 bits per heavy atom. The molecule has 3 rings (SSSR count). The summed E-state index contributed by atoms with van der Waals surface area (Å²) in [6.07, 6.45) is 0.748. The summed E-state index contributed by atoms with van der Waals surface area (Å²) in [5, 5.41) is 11.4. The number of aryl methyl sites for hydroxylation is 1. The first kappa shape index (κ1) is 15.9. The molecule has 0 amide bonds. The van der Waals surface area contributed by atoms with Crippen LogP contribution >= 0.6 is 0 Å². The SMILES string of the molecule is CCCc1cc(=O)oc2c3c(cc(OC)c12)O[C@H](C)[C@@H](C)C3O. The lowest BCUT2D eigenvalue weighted by molar-refractivity contribution is 0.0178. The molecule has 124 valence electrons. The van der Waals surface area contributed by atoms with Crippen LogP contribution in [-0.2, 0) is 6.42 Å². The first-order valence-corrected chi connectivity index (χ1v) is 8.00. The van der Waals surface area contributed by atoms with Crippen LogP contribution in [0.3, 0.4) is 0 Å².